The zero-order valence-electron chi connectivity index (χ0n) is 9.15. The number of carbonyl (C=O) groups is 2. The molecule has 1 rings (SSSR count). The first kappa shape index (κ1) is 11.8. The van der Waals surface area contributed by atoms with Gasteiger partial charge in [-0.15, -0.1) is 0 Å². The highest BCUT2D eigenvalue weighted by Crippen LogP contribution is 2.32. The summed E-state index contributed by atoms with van der Waals surface area (Å²) >= 11 is 0. The fraction of sp³-hybridized carbons (Fsp3) is 0.800. The van der Waals surface area contributed by atoms with Crippen molar-refractivity contribution in [1.29, 1.82) is 0 Å². The van der Waals surface area contributed by atoms with Crippen LogP contribution in [0.15, 0.2) is 0 Å². The minimum absolute atomic E-state index is 0.213. The van der Waals surface area contributed by atoms with Crippen molar-refractivity contribution in [2.75, 3.05) is 19.7 Å². The fourth-order valence-corrected chi connectivity index (χ4v) is 1.70. The second-order valence-electron chi connectivity index (χ2n) is 4.05. The van der Waals surface area contributed by atoms with Crippen LogP contribution in [-0.4, -0.2) is 41.8 Å². The molecule has 0 aliphatic carbocycles. The molecule has 0 atom stereocenters. The van der Waals surface area contributed by atoms with E-state index < -0.39 is 11.5 Å². The Hall–Kier alpha value is -1.26. The van der Waals surface area contributed by atoms with Crippen molar-refractivity contribution in [2.24, 2.45) is 5.41 Å². The maximum Gasteiger partial charge on any atom is 0.407 e. The minimum atomic E-state index is -0.916. The van der Waals surface area contributed by atoms with Gasteiger partial charge in [-0.1, -0.05) is 0 Å². The molecular weight excluding hydrogens is 198 g/mol. The predicted octanol–water partition coefficient (Wildman–Crippen LogP) is 1.33. The summed E-state index contributed by atoms with van der Waals surface area (Å²) in [5.41, 5.74) is -0.512. The number of hydrogen-bond donors (Lipinski definition) is 1. The Kier molecular flexibility index (Phi) is 3.55. The summed E-state index contributed by atoms with van der Waals surface area (Å²) in [5.74, 6) is -0.213. The zero-order valence-corrected chi connectivity index (χ0v) is 9.15. The molecule has 1 fully saturated rings. The molecule has 1 aliphatic rings. The number of amides is 1. The molecular formula is C10H17NO4. The van der Waals surface area contributed by atoms with Gasteiger partial charge in [-0.3, -0.25) is 4.79 Å². The Morgan fingerprint density at radius 1 is 1.40 bits per heavy atom. The average Bonchev–Trinajstić information content (AvgIpc) is 2.18. The lowest BCUT2D eigenvalue weighted by atomic mass is 9.80. The van der Waals surface area contributed by atoms with Crippen LogP contribution in [0.5, 0.6) is 0 Å². The van der Waals surface area contributed by atoms with Crippen molar-refractivity contribution in [3.8, 4) is 0 Å². The zero-order chi connectivity index (χ0) is 11.5. The van der Waals surface area contributed by atoms with E-state index in [-0.39, 0.29) is 5.97 Å². The summed E-state index contributed by atoms with van der Waals surface area (Å²) in [6.45, 7) is 4.80. The van der Waals surface area contributed by atoms with Gasteiger partial charge in [-0.05, 0) is 26.7 Å². The Labute approximate surface area is 89.0 Å². The highest BCUT2D eigenvalue weighted by atomic mass is 16.5. The van der Waals surface area contributed by atoms with E-state index in [0.717, 1.165) is 0 Å². The minimum Gasteiger partial charge on any atom is -0.466 e. The molecule has 0 aromatic heterocycles. The smallest absolute Gasteiger partial charge is 0.407 e. The van der Waals surface area contributed by atoms with Crippen molar-refractivity contribution < 1.29 is 19.4 Å². The quantitative estimate of drug-likeness (QED) is 0.706. The van der Waals surface area contributed by atoms with Gasteiger partial charge < -0.3 is 14.7 Å². The number of ether oxygens (including phenoxy) is 1. The van der Waals surface area contributed by atoms with Crippen LogP contribution in [0.25, 0.3) is 0 Å². The molecule has 1 heterocycles. The van der Waals surface area contributed by atoms with Crippen LogP contribution < -0.4 is 0 Å². The highest BCUT2D eigenvalue weighted by Gasteiger charge is 2.39. The van der Waals surface area contributed by atoms with Crippen molar-refractivity contribution in [2.45, 2.75) is 26.7 Å². The molecule has 0 saturated carbocycles. The summed E-state index contributed by atoms with van der Waals surface area (Å²) in [7, 11) is 0. The topological polar surface area (TPSA) is 66.8 Å². The lowest BCUT2D eigenvalue weighted by Crippen LogP contribution is -2.45. The molecule has 5 heteroatoms. The fourth-order valence-electron chi connectivity index (χ4n) is 1.70. The number of esters is 1. The van der Waals surface area contributed by atoms with E-state index in [1.54, 1.807) is 6.92 Å². The monoisotopic (exact) mass is 215 g/mol. The second-order valence-corrected chi connectivity index (χ2v) is 4.05. The SMILES string of the molecule is CCOC(=O)C1(C)CCN(C(=O)O)CC1. The van der Waals surface area contributed by atoms with E-state index in [4.69, 9.17) is 9.84 Å². The van der Waals surface area contributed by atoms with Gasteiger partial charge in [-0.25, -0.2) is 4.79 Å². The average molecular weight is 215 g/mol. The van der Waals surface area contributed by atoms with Gasteiger partial charge in [0.1, 0.15) is 0 Å². The third-order valence-electron chi connectivity index (χ3n) is 2.91. The van der Waals surface area contributed by atoms with Crippen molar-refractivity contribution >= 4 is 12.1 Å². The van der Waals surface area contributed by atoms with Crippen molar-refractivity contribution in [3.63, 3.8) is 0 Å². The van der Waals surface area contributed by atoms with E-state index in [0.29, 0.717) is 32.5 Å². The number of likely N-dealkylation sites (tertiary alicyclic amines) is 1. The van der Waals surface area contributed by atoms with Gasteiger partial charge in [0.25, 0.3) is 0 Å². The Bertz CT molecular complexity index is 256. The van der Waals surface area contributed by atoms with Crippen LogP contribution in [-0.2, 0) is 9.53 Å². The van der Waals surface area contributed by atoms with Crippen LogP contribution in [0.2, 0.25) is 0 Å². The molecule has 1 N–H and O–H groups in total. The summed E-state index contributed by atoms with van der Waals surface area (Å²) < 4.78 is 4.98. The van der Waals surface area contributed by atoms with Crippen molar-refractivity contribution in [1.82, 2.24) is 4.90 Å². The van der Waals surface area contributed by atoms with E-state index in [1.807, 2.05) is 6.92 Å². The molecule has 1 aliphatic heterocycles. The van der Waals surface area contributed by atoms with Gasteiger partial charge in [0.2, 0.25) is 0 Å². The number of carbonyl (C=O) groups excluding carboxylic acids is 1. The van der Waals surface area contributed by atoms with E-state index in [9.17, 15) is 9.59 Å². The maximum absolute atomic E-state index is 11.6. The normalized spacial score (nSPS) is 19.7. The third kappa shape index (κ3) is 2.61. The lowest BCUT2D eigenvalue weighted by Gasteiger charge is -2.36. The first-order valence-electron chi connectivity index (χ1n) is 5.14. The van der Waals surface area contributed by atoms with E-state index >= 15 is 0 Å². The number of rotatable bonds is 2. The van der Waals surface area contributed by atoms with Crippen LogP contribution >= 0.6 is 0 Å². The molecule has 0 radical (unpaired) electrons. The lowest BCUT2D eigenvalue weighted by molar-refractivity contribution is -0.157. The molecule has 0 aromatic carbocycles. The summed E-state index contributed by atoms with van der Waals surface area (Å²) in [6.07, 6.45) is 0.164. The first-order chi connectivity index (χ1) is 6.99. The number of hydrogen-bond acceptors (Lipinski definition) is 3. The summed E-state index contributed by atoms with van der Waals surface area (Å²) in [5, 5.41) is 8.76. The standard InChI is InChI=1S/C10H17NO4/c1-3-15-8(12)10(2)4-6-11(7-5-10)9(13)14/h3-7H2,1-2H3,(H,13,14). The summed E-state index contributed by atoms with van der Waals surface area (Å²) in [6, 6.07) is 0. The van der Waals surface area contributed by atoms with Crippen LogP contribution in [0.3, 0.4) is 0 Å². The Morgan fingerprint density at radius 2 is 1.93 bits per heavy atom. The summed E-state index contributed by atoms with van der Waals surface area (Å²) in [4.78, 5) is 23.6. The molecule has 0 bridgehead atoms. The second kappa shape index (κ2) is 4.51. The largest absolute Gasteiger partial charge is 0.466 e. The van der Waals surface area contributed by atoms with Crippen molar-refractivity contribution in [3.05, 3.63) is 0 Å². The molecule has 86 valence electrons. The van der Waals surface area contributed by atoms with Crippen LogP contribution in [0.4, 0.5) is 4.79 Å². The van der Waals surface area contributed by atoms with Gasteiger partial charge in [0.05, 0.1) is 12.0 Å². The van der Waals surface area contributed by atoms with Crippen LogP contribution in [0, 0.1) is 5.41 Å². The molecule has 15 heavy (non-hydrogen) atoms. The maximum atomic E-state index is 11.6. The van der Waals surface area contributed by atoms with Crippen LogP contribution in [0.1, 0.15) is 26.7 Å². The molecule has 0 spiro atoms. The number of piperidine rings is 1. The number of nitrogens with zero attached hydrogens (tertiary/aromatic N) is 1. The van der Waals surface area contributed by atoms with Gasteiger partial charge >= 0.3 is 12.1 Å². The molecule has 1 saturated heterocycles. The van der Waals surface area contributed by atoms with E-state index in [2.05, 4.69) is 0 Å². The predicted molar refractivity (Wildman–Crippen MR) is 53.6 cm³/mol. The Balaban J connectivity index is 2.54. The third-order valence-corrected chi connectivity index (χ3v) is 2.91. The molecule has 0 unspecified atom stereocenters. The Morgan fingerprint density at radius 3 is 2.33 bits per heavy atom. The molecule has 0 aromatic rings. The van der Waals surface area contributed by atoms with Gasteiger partial charge in [0, 0.05) is 13.1 Å². The molecule has 1 amide bonds. The number of carboxylic acid groups (broad SMARTS) is 1. The molecule has 5 nitrogen and oxygen atoms in total. The van der Waals surface area contributed by atoms with E-state index in [1.165, 1.54) is 4.90 Å². The first-order valence-corrected chi connectivity index (χ1v) is 5.14. The van der Waals surface area contributed by atoms with Gasteiger partial charge in [-0.2, -0.15) is 0 Å². The van der Waals surface area contributed by atoms with Gasteiger partial charge in [0.15, 0.2) is 0 Å². The highest BCUT2D eigenvalue weighted by molar-refractivity contribution is 5.77.